The molecule has 4 aromatic rings. The predicted molar refractivity (Wildman–Crippen MR) is 190 cm³/mol. The van der Waals surface area contributed by atoms with Crippen LogP contribution >= 0.6 is 0 Å². The Balaban J connectivity index is 1.46. The van der Waals surface area contributed by atoms with Gasteiger partial charge in [-0.25, -0.2) is 19.6 Å². The molecule has 0 atom stereocenters. The summed E-state index contributed by atoms with van der Waals surface area (Å²) in [7, 11) is 3.65. The minimum atomic E-state index is -4.48. The van der Waals surface area contributed by atoms with Gasteiger partial charge in [-0.3, -0.25) is 4.79 Å². The highest BCUT2D eigenvalue weighted by atomic mass is 19.4. The molecule has 2 aliphatic rings. The number of allylic oxidation sites excluding steroid dienone is 1. The van der Waals surface area contributed by atoms with Crippen LogP contribution in [0.4, 0.5) is 24.9 Å². The van der Waals surface area contributed by atoms with Gasteiger partial charge < -0.3 is 14.7 Å². The highest BCUT2D eigenvalue weighted by molar-refractivity contribution is 6.04. The number of alkyl halides is 3. The molecular weight excluding hydrogens is 641 g/mol. The molecular formula is C38H47F3N8O. The number of aromatic nitrogens is 5. The fourth-order valence-corrected chi connectivity index (χ4v) is 6.21. The van der Waals surface area contributed by atoms with E-state index in [1.807, 2.05) is 30.6 Å². The third kappa shape index (κ3) is 8.45. The molecule has 0 amide bonds. The van der Waals surface area contributed by atoms with Crippen molar-refractivity contribution in [3.05, 3.63) is 82.4 Å². The third-order valence-electron chi connectivity index (χ3n) is 9.11. The maximum atomic E-state index is 13.9. The van der Waals surface area contributed by atoms with Crippen LogP contribution in [-0.4, -0.2) is 62.6 Å². The molecule has 9 nitrogen and oxygen atoms in total. The lowest BCUT2D eigenvalue weighted by molar-refractivity contribution is -0.137. The van der Waals surface area contributed by atoms with Crippen molar-refractivity contribution < 1.29 is 18.0 Å². The van der Waals surface area contributed by atoms with Crippen LogP contribution in [0, 0.1) is 25.7 Å². The molecule has 12 heteroatoms. The van der Waals surface area contributed by atoms with Crippen molar-refractivity contribution in [3.63, 3.8) is 0 Å². The van der Waals surface area contributed by atoms with Gasteiger partial charge in [0.1, 0.15) is 5.82 Å². The normalized spacial score (nSPS) is 15.2. The summed E-state index contributed by atoms with van der Waals surface area (Å²) in [4.78, 5) is 33.4. The number of aryl methyl sites for hydroxylation is 2. The number of fused-ring (bicyclic) bond motifs is 1. The molecule has 0 radical (unpaired) electrons. The summed E-state index contributed by atoms with van der Waals surface area (Å²) in [5, 5.41) is 5.83. The van der Waals surface area contributed by atoms with Crippen molar-refractivity contribution >= 4 is 28.6 Å². The second-order valence-corrected chi connectivity index (χ2v) is 15.3. The summed E-state index contributed by atoms with van der Waals surface area (Å²) in [5.74, 6) is 2.16. The van der Waals surface area contributed by atoms with E-state index in [1.54, 1.807) is 24.1 Å². The third-order valence-corrected chi connectivity index (χ3v) is 9.11. The highest BCUT2D eigenvalue weighted by Crippen LogP contribution is 2.38. The van der Waals surface area contributed by atoms with Gasteiger partial charge in [0, 0.05) is 75.9 Å². The highest BCUT2D eigenvalue weighted by Gasteiger charge is 2.33. The Kier molecular flexibility index (Phi) is 9.67. The average molecular weight is 689 g/mol. The first-order valence-corrected chi connectivity index (χ1v) is 17.3. The molecule has 50 heavy (non-hydrogen) atoms. The summed E-state index contributed by atoms with van der Waals surface area (Å²) in [6.07, 6.45) is 6.35. The molecule has 2 aliphatic carbocycles. The number of rotatable bonds is 13. The van der Waals surface area contributed by atoms with Gasteiger partial charge in [0.25, 0.3) is 0 Å². The van der Waals surface area contributed by atoms with Crippen molar-refractivity contribution in [3.8, 4) is 0 Å². The summed E-state index contributed by atoms with van der Waals surface area (Å²) >= 11 is 0. The quantitative estimate of drug-likeness (QED) is 0.104. The molecule has 6 rings (SSSR count). The number of hydrogen-bond donors (Lipinski definition) is 0. The number of carbonyl (C=O) groups is 1. The van der Waals surface area contributed by atoms with Crippen LogP contribution in [0.25, 0.3) is 11.0 Å². The van der Waals surface area contributed by atoms with Gasteiger partial charge in [-0.05, 0) is 95.9 Å². The molecule has 3 heterocycles. The number of anilines is 2. The average Bonchev–Trinajstić information content (AvgIpc) is 3.98. The lowest BCUT2D eigenvalue weighted by Crippen LogP contribution is -2.32. The Morgan fingerprint density at radius 2 is 1.56 bits per heavy atom. The van der Waals surface area contributed by atoms with Crippen molar-refractivity contribution in [1.82, 2.24) is 29.6 Å². The van der Waals surface area contributed by atoms with Gasteiger partial charge in [0.2, 0.25) is 5.95 Å². The Hall–Kier alpha value is -4.48. The molecule has 1 aromatic carbocycles. The van der Waals surface area contributed by atoms with Crippen LogP contribution in [0.1, 0.15) is 84.8 Å². The molecule has 0 unspecified atom stereocenters. The molecule has 0 N–H and O–H groups in total. The molecule has 0 spiro atoms. The topological polar surface area (TPSA) is 83.3 Å². The summed E-state index contributed by atoms with van der Waals surface area (Å²) in [5.41, 5.74) is 2.92. The predicted octanol–water partition coefficient (Wildman–Crippen LogP) is 7.70. The molecule has 2 saturated carbocycles. The van der Waals surface area contributed by atoms with Crippen molar-refractivity contribution in [1.29, 1.82) is 0 Å². The minimum Gasteiger partial charge on any atom is -0.383 e. The Morgan fingerprint density at radius 3 is 2.12 bits per heavy atom. The number of pyridine rings is 1. The van der Waals surface area contributed by atoms with E-state index in [-0.39, 0.29) is 24.4 Å². The zero-order valence-corrected chi connectivity index (χ0v) is 30.1. The monoisotopic (exact) mass is 688 g/mol. The van der Waals surface area contributed by atoms with Crippen LogP contribution in [0.15, 0.2) is 48.9 Å². The van der Waals surface area contributed by atoms with Gasteiger partial charge >= 0.3 is 6.18 Å². The number of hydrogen-bond acceptors (Lipinski definition) is 8. The van der Waals surface area contributed by atoms with Crippen LogP contribution in [-0.2, 0) is 24.8 Å². The van der Waals surface area contributed by atoms with E-state index in [0.717, 1.165) is 47.3 Å². The second-order valence-electron chi connectivity index (χ2n) is 15.3. The first kappa shape index (κ1) is 35.3. The van der Waals surface area contributed by atoms with E-state index in [1.165, 1.54) is 50.2 Å². The molecule has 266 valence electrons. The summed E-state index contributed by atoms with van der Waals surface area (Å²) in [6.45, 7) is 12.2. The lowest BCUT2D eigenvalue weighted by Gasteiger charge is -2.30. The summed E-state index contributed by atoms with van der Waals surface area (Å²) in [6, 6.07) is 6.25. The number of ketones is 1. The Bertz CT molecular complexity index is 1870. The molecule has 0 saturated heterocycles. The van der Waals surface area contributed by atoms with E-state index in [9.17, 15) is 18.0 Å². The van der Waals surface area contributed by atoms with E-state index in [0.29, 0.717) is 34.5 Å². The van der Waals surface area contributed by atoms with Gasteiger partial charge in [-0.1, -0.05) is 11.6 Å². The molecule has 0 bridgehead atoms. The van der Waals surface area contributed by atoms with E-state index >= 15 is 0 Å². The lowest BCUT2D eigenvalue weighted by atomic mass is 10.1. The standard InChI is InChI=1S/C38H47F3N8O/c1-24-14-28(16-31(15-24)38(39,40)41)22-48(36-42-18-30(19-43-36)33(50)12-13-46(6)7)23-29-17-32-25(2)45-49(37(3,4)5)35(32)44-34(29)47(20-26-8-9-26)21-27-10-11-27/h12-19,26-27H,8-11,20-23H2,1-7H3/b13-12+. The van der Waals surface area contributed by atoms with Gasteiger partial charge in [-0.15, -0.1) is 0 Å². The fraction of sp³-hybridized carbons (Fsp3) is 0.500. The fourth-order valence-electron chi connectivity index (χ4n) is 6.21. The van der Waals surface area contributed by atoms with Gasteiger partial charge in [0.15, 0.2) is 11.4 Å². The van der Waals surface area contributed by atoms with Crippen molar-refractivity contribution in [2.75, 3.05) is 37.0 Å². The summed E-state index contributed by atoms with van der Waals surface area (Å²) < 4.78 is 43.7. The smallest absolute Gasteiger partial charge is 0.383 e. The number of nitrogens with zero attached hydrogens (tertiary/aromatic N) is 8. The molecule has 3 aromatic heterocycles. The largest absolute Gasteiger partial charge is 0.416 e. The SMILES string of the molecule is Cc1cc(CN(Cc2cc3c(C)nn(C(C)(C)C)c3nc2N(CC2CC2)CC2CC2)c2ncc(C(=O)/C=C/N(C)C)cn2)cc(C(F)(F)F)c1. The van der Waals surface area contributed by atoms with Crippen LogP contribution < -0.4 is 9.80 Å². The van der Waals surface area contributed by atoms with Crippen LogP contribution in [0.3, 0.4) is 0 Å². The number of halogens is 3. The number of carbonyl (C=O) groups excluding carboxylic acids is 1. The molecule has 0 aliphatic heterocycles. The maximum absolute atomic E-state index is 13.9. The van der Waals surface area contributed by atoms with Crippen LogP contribution in [0.5, 0.6) is 0 Å². The van der Waals surface area contributed by atoms with Gasteiger partial charge in [-0.2, -0.15) is 18.3 Å². The minimum absolute atomic E-state index is 0.113. The molecule has 2 fully saturated rings. The van der Waals surface area contributed by atoms with Crippen LogP contribution in [0.2, 0.25) is 0 Å². The maximum Gasteiger partial charge on any atom is 0.416 e. The first-order valence-electron chi connectivity index (χ1n) is 17.3. The van der Waals surface area contributed by atoms with E-state index in [2.05, 4.69) is 41.7 Å². The van der Waals surface area contributed by atoms with Crippen molar-refractivity contribution in [2.45, 2.75) is 85.1 Å². The number of benzene rings is 1. The van der Waals surface area contributed by atoms with Crippen molar-refractivity contribution in [2.24, 2.45) is 11.8 Å². The Morgan fingerprint density at radius 1 is 0.920 bits per heavy atom. The van der Waals surface area contributed by atoms with E-state index in [4.69, 9.17) is 10.1 Å². The van der Waals surface area contributed by atoms with Gasteiger partial charge in [0.05, 0.1) is 22.4 Å². The zero-order chi connectivity index (χ0) is 36.0. The second kappa shape index (κ2) is 13.7. The van der Waals surface area contributed by atoms with E-state index < -0.39 is 11.7 Å². The first-order chi connectivity index (χ1) is 23.5. The zero-order valence-electron chi connectivity index (χ0n) is 30.1. The Labute approximate surface area is 292 Å².